The van der Waals surface area contributed by atoms with E-state index < -0.39 is 0 Å². The lowest BCUT2D eigenvalue weighted by molar-refractivity contribution is -0.00000460. The molecule has 1 aliphatic rings. The predicted molar refractivity (Wildman–Crippen MR) is 74.6 cm³/mol. The molecule has 2 aromatic rings. The maximum absolute atomic E-state index is 5.41. The number of morpholine rings is 1. The first-order valence-electron chi connectivity index (χ1n) is 6.37. The van der Waals surface area contributed by atoms with Crippen molar-refractivity contribution in [1.82, 2.24) is 9.97 Å². The lowest BCUT2D eigenvalue weighted by atomic mass is 10.2. The molecule has 3 rings (SSSR count). The molecule has 1 aliphatic heterocycles. The van der Waals surface area contributed by atoms with E-state index >= 15 is 0 Å². The van der Waals surface area contributed by atoms with Gasteiger partial charge < -0.3 is 22.0 Å². The Morgan fingerprint density at radius 3 is 2.74 bits per heavy atom. The van der Waals surface area contributed by atoms with Crippen molar-refractivity contribution in [1.29, 1.82) is 0 Å². The highest BCUT2D eigenvalue weighted by atomic mass is 35.5. The molecule has 0 atom stereocenters. The van der Waals surface area contributed by atoms with Crippen molar-refractivity contribution in [2.45, 2.75) is 20.3 Å². The Bertz CT molecular complexity index is 566. The van der Waals surface area contributed by atoms with E-state index in [1.807, 2.05) is 6.92 Å². The van der Waals surface area contributed by atoms with Gasteiger partial charge in [-0.1, -0.05) is 6.92 Å². The fourth-order valence-corrected chi connectivity index (χ4v) is 3.26. The standard InChI is InChI=1S/C13H17N3OS.ClH/c1-3-10-8-11-12(16-4-6-17-7-5-16)14-9(2)15-13(11)18-10;/h8H,3-7H2,1-2H3;1H/p-1. The van der Waals surface area contributed by atoms with Crippen molar-refractivity contribution in [3.05, 3.63) is 16.8 Å². The molecule has 0 radical (unpaired) electrons. The van der Waals surface area contributed by atoms with Crippen LogP contribution in [0.5, 0.6) is 0 Å². The molecule has 1 saturated heterocycles. The minimum Gasteiger partial charge on any atom is -1.00 e. The fraction of sp³-hybridized carbons (Fsp3) is 0.538. The Kier molecular flexibility index (Phi) is 4.60. The normalized spacial score (nSPS) is 15.6. The maximum atomic E-state index is 5.41. The number of halogens is 1. The van der Waals surface area contributed by atoms with Gasteiger partial charge in [-0.05, 0) is 19.4 Å². The van der Waals surface area contributed by atoms with Gasteiger partial charge in [0.1, 0.15) is 16.5 Å². The van der Waals surface area contributed by atoms with E-state index in [-0.39, 0.29) is 12.4 Å². The highest BCUT2D eigenvalue weighted by Crippen LogP contribution is 2.31. The third kappa shape index (κ3) is 2.83. The van der Waals surface area contributed by atoms with Crippen molar-refractivity contribution in [3.8, 4) is 0 Å². The number of aromatic nitrogens is 2. The third-order valence-corrected chi connectivity index (χ3v) is 4.37. The first-order chi connectivity index (χ1) is 8.78. The third-order valence-electron chi connectivity index (χ3n) is 3.19. The second-order valence-electron chi connectivity index (χ2n) is 4.48. The Hall–Kier alpha value is -0.910. The second kappa shape index (κ2) is 6.03. The molecule has 2 aromatic heterocycles. The summed E-state index contributed by atoms with van der Waals surface area (Å²) in [5.41, 5.74) is 0. The molecule has 0 aliphatic carbocycles. The average molecular weight is 299 g/mol. The number of fused-ring (bicyclic) bond motifs is 1. The maximum Gasteiger partial charge on any atom is 0.141 e. The van der Waals surface area contributed by atoms with E-state index in [1.54, 1.807) is 11.3 Å². The van der Waals surface area contributed by atoms with Crippen LogP contribution in [0.4, 0.5) is 5.82 Å². The molecule has 0 spiro atoms. The molecular weight excluding hydrogens is 282 g/mol. The van der Waals surface area contributed by atoms with Crippen LogP contribution in [0.3, 0.4) is 0 Å². The van der Waals surface area contributed by atoms with Crippen molar-refractivity contribution >= 4 is 27.4 Å². The summed E-state index contributed by atoms with van der Waals surface area (Å²) in [6.07, 6.45) is 1.06. The van der Waals surface area contributed by atoms with E-state index in [9.17, 15) is 0 Å². The summed E-state index contributed by atoms with van der Waals surface area (Å²) < 4.78 is 5.41. The van der Waals surface area contributed by atoms with E-state index in [0.717, 1.165) is 49.2 Å². The van der Waals surface area contributed by atoms with E-state index in [1.165, 1.54) is 10.3 Å². The van der Waals surface area contributed by atoms with Gasteiger partial charge in [-0.25, -0.2) is 9.97 Å². The summed E-state index contributed by atoms with van der Waals surface area (Å²) in [5, 5.41) is 1.20. The summed E-state index contributed by atoms with van der Waals surface area (Å²) in [7, 11) is 0. The van der Waals surface area contributed by atoms with Gasteiger partial charge >= 0.3 is 0 Å². The lowest BCUT2D eigenvalue weighted by Gasteiger charge is -2.28. The molecule has 0 amide bonds. The number of thiophene rings is 1. The van der Waals surface area contributed by atoms with Gasteiger partial charge in [0, 0.05) is 18.0 Å². The van der Waals surface area contributed by atoms with E-state index in [2.05, 4.69) is 27.9 Å². The van der Waals surface area contributed by atoms with Crippen molar-refractivity contribution in [3.63, 3.8) is 0 Å². The molecule has 4 nitrogen and oxygen atoms in total. The number of ether oxygens (including phenoxy) is 1. The van der Waals surface area contributed by atoms with Crippen LogP contribution in [0.25, 0.3) is 10.2 Å². The van der Waals surface area contributed by atoms with Gasteiger partial charge in [0.2, 0.25) is 0 Å². The van der Waals surface area contributed by atoms with Gasteiger partial charge in [0.25, 0.3) is 0 Å². The van der Waals surface area contributed by atoms with Crippen LogP contribution >= 0.6 is 11.3 Å². The summed E-state index contributed by atoms with van der Waals surface area (Å²) in [5.74, 6) is 1.94. The number of anilines is 1. The highest BCUT2D eigenvalue weighted by molar-refractivity contribution is 7.18. The van der Waals surface area contributed by atoms with Crippen LogP contribution in [0.15, 0.2) is 6.07 Å². The fourth-order valence-electron chi connectivity index (χ4n) is 2.25. The summed E-state index contributed by atoms with van der Waals surface area (Å²) in [6.45, 7) is 7.56. The van der Waals surface area contributed by atoms with Crippen LogP contribution in [-0.2, 0) is 11.2 Å². The van der Waals surface area contributed by atoms with Crippen LogP contribution in [0.1, 0.15) is 17.6 Å². The Labute approximate surface area is 123 Å². The zero-order valence-electron chi connectivity index (χ0n) is 11.1. The average Bonchev–Trinajstić information content (AvgIpc) is 2.81. The van der Waals surface area contributed by atoms with Gasteiger partial charge in [-0.3, -0.25) is 0 Å². The van der Waals surface area contributed by atoms with E-state index in [0.29, 0.717) is 0 Å². The molecular formula is C13H17ClN3OS-. The minimum atomic E-state index is 0. The number of nitrogens with zero attached hydrogens (tertiary/aromatic N) is 3. The Morgan fingerprint density at radius 1 is 1.32 bits per heavy atom. The molecule has 3 heterocycles. The van der Waals surface area contributed by atoms with Crippen LogP contribution in [0.2, 0.25) is 0 Å². The minimum absolute atomic E-state index is 0. The Morgan fingerprint density at radius 2 is 2.05 bits per heavy atom. The van der Waals surface area contributed by atoms with Gasteiger partial charge in [0.15, 0.2) is 0 Å². The molecule has 0 bridgehead atoms. The summed E-state index contributed by atoms with van der Waals surface area (Å²) in [6, 6.07) is 2.24. The topological polar surface area (TPSA) is 38.2 Å². The summed E-state index contributed by atoms with van der Waals surface area (Å²) >= 11 is 1.78. The summed E-state index contributed by atoms with van der Waals surface area (Å²) in [4.78, 5) is 14.0. The molecule has 0 N–H and O–H groups in total. The zero-order valence-corrected chi connectivity index (χ0v) is 12.7. The second-order valence-corrected chi connectivity index (χ2v) is 5.59. The molecule has 0 saturated carbocycles. The number of hydrogen-bond donors (Lipinski definition) is 0. The van der Waals surface area contributed by atoms with Crippen molar-refractivity contribution < 1.29 is 17.1 Å². The van der Waals surface area contributed by atoms with Crippen LogP contribution < -0.4 is 17.3 Å². The number of aryl methyl sites for hydroxylation is 2. The van der Waals surface area contributed by atoms with Crippen molar-refractivity contribution in [2.75, 3.05) is 31.2 Å². The SMILES string of the molecule is CCc1cc2c(N3CCOCC3)nc(C)nc2s1.[Cl-]. The largest absolute Gasteiger partial charge is 1.00 e. The predicted octanol–water partition coefficient (Wildman–Crippen LogP) is -0.597. The van der Waals surface area contributed by atoms with Crippen molar-refractivity contribution in [2.24, 2.45) is 0 Å². The zero-order chi connectivity index (χ0) is 12.5. The molecule has 104 valence electrons. The molecule has 0 aromatic carbocycles. The quantitative estimate of drug-likeness (QED) is 0.742. The van der Waals surface area contributed by atoms with Gasteiger partial charge in [0.05, 0.1) is 18.6 Å². The molecule has 1 fully saturated rings. The van der Waals surface area contributed by atoms with E-state index in [4.69, 9.17) is 4.74 Å². The molecule has 6 heteroatoms. The Balaban J connectivity index is 0.00000133. The number of hydrogen-bond acceptors (Lipinski definition) is 5. The monoisotopic (exact) mass is 298 g/mol. The molecule has 19 heavy (non-hydrogen) atoms. The highest BCUT2D eigenvalue weighted by Gasteiger charge is 2.18. The first kappa shape index (κ1) is 14.5. The molecule has 0 unspecified atom stereocenters. The first-order valence-corrected chi connectivity index (χ1v) is 7.19. The van der Waals surface area contributed by atoms with Gasteiger partial charge in [-0.15, -0.1) is 11.3 Å². The van der Waals surface area contributed by atoms with Gasteiger partial charge in [-0.2, -0.15) is 0 Å². The van der Waals surface area contributed by atoms with Crippen LogP contribution in [0, 0.1) is 6.92 Å². The lowest BCUT2D eigenvalue weighted by Crippen LogP contribution is -3.00. The van der Waals surface area contributed by atoms with Crippen LogP contribution in [-0.4, -0.2) is 36.3 Å². The number of rotatable bonds is 2. The smallest absolute Gasteiger partial charge is 0.141 e.